The standard InChI is InChI=1S/C61H101N2O6P/c1-6-8-10-12-14-16-18-19-20-21-22-23-24-25-26-27-28-29-30-31-32-33-34-35-36-37-38-39-40-41-42-43-45-47-49-51-53-55-61(65)62-59(58-69-70(66,67)68-57-56-63(3,4)5)60(64)54-52-50-48-46-44-17-15-13-11-9-7-2/h8,10,14,16,19-20,22-23,25-26,28-29,31-32,34-35,37-38,40-41,44,46,52,54,59-60,64H,6-7,9,11-13,15,17-18,21,24,27,30,33,36,39,42-43,45,47-51,53,55-58H2,1-5H3,(H-,62,65,66,67)/b10-8-,16-14-,20-19-,23-22-,26-25-,29-28-,32-31-,35-34-,38-37-,41-40-,46-44+,54-52+. The van der Waals surface area contributed by atoms with Gasteiger partial charge in [0.2, 0.25) is 5.91 Å². The fourth-order valence-corrected chi connectivity index (χ4v) is 7.51. The Bertz CT molecular complexity index is 1640. The summed E-state index contributed by atoms with van der Waals surface area (Å²) in [5, 5.41) is 13.7. The molecular formula is C61H101N2O6P. The van der Waals surface area contributed by atoms with Crippen LogP contribution in [-0.4, -0.2) is 68.5 Å². The third-order valence-corrected chi connectivity index (χ3v) is 12.0. The molecule has 0 aromatic heterocycles. The molecule has 0 fully saturated rings. The average Bonchev–Trinajstić information content (AvgIpc) is 3.32. The van der Waals surface area contributed by atoms with Gasteiger partial charge in [-0.05, 0) is 109 Å². The second-order valence-electron chi connectivity index (χ2n) is 18.8. The molecule has 1 amide bonds. The minimum atomic E-state index is -4.61. The summed E-state index contributed by atoms with van der Waals surface area (Å²) in [5.41, 5.74) is 0. The molecule has 2 N–H and O–H groups in total. The van der Waals surface area contributed by atoms with E-state index in [9.17, 15) is 19.4 Å². The first-order chi connectivity index (χ1) is 34.0. The number of phosphoric acid groups is 1. The van der Waals surface area contributed by atoms with E-state index < -0.39 is 26.6 Å². The van der Waals surface area contributed by atoms with Crippen LogP contribution in [0.5, 0.6) is 0 Å². The van der Waals surface area contributed by atoms with Crippen molar-refractivity contribution in [2.75, 3.05) is 40.9 Å². The minimum absolute atomic E-state index is 0.0177. The molecule has 0 radical (unpaired) electrons. The average molecular weight is 989 g/mol. The highest BCUT2D eigenvalue weighted by atomic mass is 31.2. The number of aliphatic hydroxyl groups excluding tert-OH is 1. The Hall–Kier alpha value is -3.62. The van der Waals surface area contributed by atoms with E-state index in [4.69, 9.17) is 9.05 Å². The maximum atomic E-state index is 12.9. The molecule has 0 aliphatic carbocycles. The van der Waals surface area contributed by atoms with Crippen LogP contribution in [0.2, 0.25) is 0 Å². The van der Waals surface area contributed by atoms with E-state index in [0.29, 0.717) is 17.4 Å². The monoisotopic (exact) mass is 989 g/mol. The number of amides is 1. The SMILES string of the molecule is CC/C=C\C/C=C\C/C=C\C/C=C\C/C=C\C/C=C\C/C=C\C/C=C\C/C=C\C/C=C\CCCCCCCCC(=O)NC(COP(=O)([O-])OCC[N+](C)(C)C)C(O)/C=C/CC/C=C/CCCCCCC. The van der Waals surface area contributed by atoms with Gasteiger partial charge in [0.05, 0.1) is 39.9 Å². The van der Waals surface area contributed by atoms with E-state index in [1.165, 1.54) is 32.1 Å². The molecule has 8 nitrogen and oxygen atoms in total. The Morgan fingerprint density at radius 1 is 0.514 bits per heavy atom. The lowest BCUT2D eigenvalue weighted by Gasteiger charge is -2.29. The highest BCUT2D eigenvalue weighted by Gasteiger charge is 2.23. The second-order valence-corrected chi connectivity index (χ2v) is 20.2. The minimum Gasteiger partial charge on any atom is -0.756 e. The van der Waals surface area contributed by atoms with Crippen molar-refractivity contribution < 1.29 is 32.9 Å². The van der Waals surface area contributed by atoms with Crippen molar-refractivity contribution >= 4 is 13.7 Å². The highest BCUT2D eigenvalue weighted by molar-refractivity contribution is 7.45. The summed E-state index contributed by atoms with van der Waals surface area (Å²) in [7, 11) is 1.21. The van der Waals surface area contributed by atoms with Crippen LogP contribution in [0.4, 0.5) is 0 Å². The van der Waals surface area contributed by atoms with E-state index >= 15 is 0 Å². The van der Waals surface area contributed by atoms with E-state index in [-0.39, 0.29) is 12.5 Å². The molecule has 0 spiro atoms. The van der Waals surface area contributed by atoms with Gasteiger partial charge in [-0.3, -0.25) is 9.36 Å². The Morgan fingerprint density at radius 3 is 1.33 bits per heavy atom. The van der Waals surface area contributed by atoms with Crippen molar-refractivity contribution in [3.05, 3.63) is 146 Å². The van der Waals surface area contributed by atoms with Crippen LogP contribution < -0.4 is 10.2 Å². The number of hydrogen-bond donors (Lipinski definition) is 2. The largest absolute Gasteiger partial charge is 0.756 e. The fraction of sp³-hybridized carbons (Fsp3) is 0.590. The lowest BCUT2D eigenvalue weighted by Crippen LogP contribution is -2.45. The van der Waals surface area contributed by atoms with Crippen LogP contribution in [0.25, 0.3) is 0 Å². The van der Waals surface area contributed by atoms with Crippen molar-refractivity contribution in [1.82, 2.24) is 5.32 Å². The number of allylic oxidation sites excluding steroid dienone is 23. The van der Waals surface area contributed by atoms with E-state index in [1.54, 1.807) is 6.08 Å². The third kappa shape index (κ3) is 52.2. The molecule has 3 unspecified atom stereocenters. The molecule has 0 aliphatic rings. The van der Waals surface area contributed by atoms with Gasteiger partial charge in [0.25, 0.3) is 7.82 Å². The van der Waals surface area contributed by atoms with Crippen molar-refractivity contribution in [3.8, 4) is 0 Å². The first-order valence-corrected chi connectivity index (χ1v) is 28.7. The van der Waals surface area contributed by atoms with Crippen LogP contribution in [0.15, 0.2) is 146 Å². The Balaban J connectivity index is 4.20. The first kappa shape index (κ1) is 66.4. The zero-order valence-corrected chi connectivity index (χ0v) is 45.8. The number of nitrogens with zero attached hydrogens (tertiary/aromatic N) is 1. The maximum Gasteiger partial charge on any atom is 0.268 e. The summed E-state index contributed by atoms with van der Waals surface area (Å²) in [5.74, 6) is -0.231. The van der Waals surface area contributed by atoms with E-state index in [2.05, 4.69) is 153 Å². The highest BCUT2D eigenvalue weighted by Crippen LogP contribution is 2.38. The van der Waals surface area contributed by atoms with E-state index in [1.807, 2.05) is 27.2 Å². The number of likely N-dealkylation sites (N-methyl/N-ethyl adjacent to an activating group) is 1. The van der Waals surface area contributed by atoms with Crippen molar-refractivity contribution in [2.45, 2.75) is 193 Å². The Morgan fingerprint density at radius 2 is 0.886 bits per heavy atom. The number of aliphatic hydroxyl groups is 1. The smallest absolute Gasteiger partial charge is 0.268 e. The number of carbonyl (C=O) groups is 1. The lowest BCUT2D eigenvalue weighted by atomic mass is 10.1. The zero-order valence-electron chi connectivity index (χ0n) is 44.9. The van der Waals surface area contributed by atoms with Gasteiger partial charge in [-0.2, -0.15) is 0 Å². The van der Waals surface area contributed by atoms with E-state index in [0.717, 1.165) is 128 Å². The van der Waals surface area contributed by atoms with Crippen LogP contribution in [-0.2, 0) is 18.4 Å². The predicted octanol–water partition coefficient (Wildman–Crippen LogP) is 15.9. The number of rotatable bonds is 47. The number of phosphoric ester groups is 1. The molecule has 0 saturated heterocycles. The lowest BCUT2D eigenvalue weighted by molar-refractivity contribution is -0.870. The molecule has 0 saturated carbocycles. The predicted molar refractivity (Wildman–Crippen MR) is 301 cm³/mol. The third-order valence-electron chi connectivity index (χ3n) is 11.0. The van der Waals surface area contributed by atoms with Gasteiger partial charge in [0, 0.05) is 6.42 Å². The number of unbranched alkanes of at least 4 members (excludes halogenated alkanes) is 12. The molecule has 0 aromatic rings. The molecule has 3 atom stereocenters. The summed E-state index contributed by atoms with van der Waals surface area (Å²) in [6, 6.07) is -0.921. The molecule has 0 aliphatic heterocycles. The van der Waals surface area contributed by atoms with Gasteiger partial charge in [-0.1, -0.05) is 211 Å². The zero-order chi connectivity index (χ0) is 51.3. The quantitative estimate of drug-likeness (QED) is 0.0272. The molecular weight excluding hydrogens is 888 g/mol. The Labute approximate surface area is 429 Å². The van der Waals surface area contributed by atoms with Gasteiger partial charge in [0.1, 0.15) is 13.2 Å². The summed E-state index contributed by atoms with van der Waals surface area (Å²) in [6.45, 7) is 4.44. The summed E-state index contributed by atoms with van der Waals surface area (Å²) < 4.78 is 23.2. The summed E-state index contributed by atoms with van der Waals surface area (Å²) in [6.07, 6.45) is 77.9. The molecule has 0 bridgehead atoms. The molecule has 70 heavy (non-hydrogen) atoms. The van der Waals surface area contributed by atoms with Gasteiger partial charge in [-0.25, -0.2) is 0 Å². The van der Waals surface area contributed by atoms with Crippen LogP contribution in [0, 0.1) is 0 Å². The van der Waals surface area contributed by atoms with Gasteiger partial charge in [0.15, 0.2) is 0 Å². The molecule has 9 heteroatoms. The number of quaternary nitrogens is 1. The second kappa shape index (κ2) is 50.3. The normalized spacial score (nSPS) is 15.1. The van der Waals surface area contributed by atoms with Crippen molar-refractivity contribution in [3.63, 3.8) is 0 Å². The molecule has 0 rings (SSSR count). The van der Waals surface area contributed by atoms with Crippen LogP contribution in [0.3, 0.4) is 0 Å². The van der Waals surface area contributed by atoms with Gasteiger partial charge in [-0.15, -0.1) is 0 Å². The molecule has 0 heterocycles. The number of hydrogen-bond acceptors (Lipinski definition) is 6. The number of carbonyl (C=O) groups excluding carboxylic acids is 1. The van der Waals surface area contributed by atoms with Crippen LogP contribution in [0.1, 0.15) is 181 Å². The fourth-order valence-electron chi connectivity index (χ4n) is 6.78. The van der Waals surface area contributed by atoms with Crippen molar-refractivity contribution in [1.29, 1.82) is 0 Å². The number of nitrogens with one attached hydrogen (secondary N) is 1. The summed E-state index contributed by atoms with van der Waals surface area (Å²) in [4.78, 5) is 25.4. The van der Waals surface area contributed by atoms with Gasteiger partial charge >= 0.3 is 0 Å². The topological polar surface area (TPSA) is 108 Å². The Kier molecular flexibility index (Phi) is 47.7. The van der Waals surface area contributed by atoms with Crippen molar-refractivity contribution in [2.24, 2.45) is 0 Å². The maximum absolute atomic E-state index is 12.9. The first-order valence-electron chi connectivity index (χ1n) is 27.2. The molecule has 0 aromatic carbocycles. The van der Waals surface area contributed by atoms with Crippen LogP contribution >= 0.6 is 7.82 Å². The van der Waals surface area contributed by atoms with Gasteiger partial charge < -0.3 is 28.8 Å². The molecule has 396 valence electrons. The summed E-state index contributed by atoms with van der Waals surface area (Å²) >= 11 is 0.